The highest BCUT2D eigenvalue weighted by atomic mass is 19.1. The molecule has 0 saturated heterocycles. The first kappa shape index (κ1) is 14.4. The Morgan fingerprint density at radius 2 is 1.75 bits per heavy atom. The Hall–Kier alpha value is -2.01. The predicted molar refractivity (Wildman–Crippen MR) is 73.8 cm³/mol. The van der Waals surface area contributed by atoms with Crippen LogP contribution < -0.4 is 5.73 Å². The van der Waals surface area contributed by atoms with Crippen molar-refractivity contribution in [3.63, 3.8) is 0 Å². The minimum Gasteiger partial charge on any atom is -0.330 e. The summed E-state index contributed by atoms with van der Waals surface area (Å²) in [5, 5.41) is 0. The van der Waals surface area contributed by atoms with Crippen LogP contribution in [0.15, 0.2) is 35.7 Å². The molecule has 0 radical (unpaired) electrons. The minimum atomic E-state index is -0.412. The molecule has 2 rings (SSSR count). The van der Waals surface area contributed by atoms with Gasteiger partial charge in [0.05, 0.1) is 17.7 Å². The molecule has 0 bridgehead atoms. The lowest BCUT2D eigenvalue weighted by atomic mass is 10.1. The quantitative estimate of drug-likeness (QED) is 0.857. The van der Waals surface area contributed by atoms with Crippen LogP contribution >= 0.6 is 0 Å². The zero-order chi connectivity index (χ0) is 14.9. The summed E-state index contributed by atoms with van der Waals surface area (Å²) in [6, 6.07) is 6.61. The maximum atomic E-state index is 14.0. The van der Waals surface area contributed by atoms with E-state index in [0.717, 1.165) is 4.90 Å². The Morgan fingerprint density at radius 1 is 1.25 bits per heavy atom. The molecule has 1 unspecified atom stereocenters. The average molecular weight is 276 g/mol. The Labute approximate surface area is 117 Å². The van der Waals surface area contributed by atoms with Gasteiger partial charge in [0.25, 0.3) is 11.8 Å². The highest BCUT2D eigenvalue weighted by molar-refractivity contribution is 6.21. The lowest BCUT2D eigenvalue weighted by Crippen LogP contribution is -2.32. The fourth-order valence-corrected chi connectivity index (χ4v) is 2.22. The van der Waals surface area contributed by atoms with Crippen molar-refractivity contribution in [2.24, 2.45) is 11.7 Å². The van der Waals surface area contributed by atoms with Gasteiger partial charge in [-0.05, 0) is 24.6 Å². The fraction of sp³-hybridized carbons (Fsp3) is 0.333. The van der Waals surface area contributed by atoms with Gasteiger partial charge in [-0.1, -0.05) is 19.1 Å². The van der Waals surface area contributed by atoms with Gasteiger partial charge in [-0.25, -0.2) is 4.39 Å². The van der Waals surface area contributed by atoms with Gasteiger partial charge in [0.1, 0.15) is 5.83 Å². The van der Waals surface area contributed by atoms with Crippen LogP contribution in [-0.2, 0) is 0 Å². The number of benzene rings is 1. The molecule has 0 spiro atoms. The van der Waals surface area contributed by atoms with Crippen LogP contribution in [0.3, 0.4) is 0 Å². The number of nitrogens with zero attached hydrogens (tertiary/aromatic N) is 1. The van der Waals surface area contributed by atoms with E-state index in [4.69, 9.17) is 5.73 Å². The van der Waals surface area contributed by atoms with Crippen LogP contribution in [0.1, 0.15) is 34.6 Å². The first-order valence-corrected chi connectivity index (χ1v) is 6.47. The average Bonchev–Trinajstić information content (AvgIpc) is 2.71. The van der Waals surface area contributed by atoms with E-state index in [2.05, 4.69) is 0 Å². The Kier molecular flexibility index (Phi) is 3.99. The van der Waals surface area contributed by atoms with Crippen LogP contribution in [0.2, 0.25) is 0 Å². The molecule has 1 aromatic rings. The number of nitrogens with two attached hydrogens (primary N) is 1. The van der Waals surface area contributed by atoms with Crippen molar-refractivity contribution in [2.75, 3.05) is 13.1 Å². The van der Waals surface area contributed by atoms with Gasteiger partial charge in [-0.15, -0.1) is 0 Å². The molecule has 1 aromatic carbocycles. The standard InChI is InChI=1S/C15H17FN2O2/c1-9(7-17)13(16)10(2)8-18-14(19)11-5-3-4-6-12(11)15(18)20/h3-6,9H,7-8,17H2,1-2H3/b13-10-. The molecule has 2 amide bonds. The van der Waals surface area contributed by atoms with Gasteiger partial charge in [0.15, 0.2) is 0 Å². The van der Waals surface area contributed by atoms with Crippen LogP contribution in [0, 0.1) is 5.92 Å². The van der Waals surface area contributed by atoms with Crippen LogP contribution in [0.4, 0.5) is 4.39 Å². The van der Waals surface area contributed by atoms with E-state index < -0.39 is 5.92 Å². The van der Waals surface area contributed by atoms with Crippen molar-refractivity contribution in [2.45, 2.75) is 13.8 Å². The highest BCUT2D eigenvalue weighted by Gasteiger charge is 2.35. The van der Waals surface area contributed by atoms with E-state index in [0.29, 0.717) is 16.7 Å². The Balaban J connectivity index is 2.25. The third-order valence-corrected chi connectivity index (χ3v) is 3.47. The monoisotopic (exact) mass is 276 g/mol. The van der Waals surface area contributed by atoms with E-state index in [1.165, 1.54) is 0 Å². The molecule has 1 atom stereocenters. The third kappa shape index (κ3) is 2.36. The van der Waals surface area contributed by atoms with Crippen LogP contribution in [-0.4, -0.2) is 29.8 Å². The first-order chi connectivity index (χ1) is 9.47. The van der Waals surface area contributed by atoms with Crippen molar-refractivity contribution in [3.05, 3.63) is 46.8 Å². The maximum Gasteiger partial charge on any atom is 0.261 e. The van der Waals surface area contributed by atoms with Gasteiger partial charge in [-0.2, -0.15) is 0 Å². The molecule has 2 N–H and O–H groups in total. The van der Waals surface area contributed by atoms with E-state index in [9.17, 15) is 14.0 Å². The number of carbonyl (C=O) groups excluding carboxylic acids is 2. The van der Waals surface area contributed by atoms with Crippen molar-refractivity contribution in [3.8, 4) is 0 Å². The summed E-state index contributed by atoms with van der Waals surface area (Å²) in [7, 11) is 0. The Bertz CT molecular complexity index is 560. The first-order valence-electron chi connectivity index (χ1n) is 6.47. The molecule has 0 aromatic heterocycles. The second-order valence-corrected chi connectivity index (χ2v) is 5.01. The molecule has 0 aliphatic carbocycles. The third-order valence-electron chi connectivity index (χ3n) is 3.47. The van der Waals surface area contributed by atoms with Crippen molar-refractivity contribution >= 4 is 11.8 Å². The van der Waals surface area contributed by atoms with Crippen molar-refractivity contribution in [1.29, 1.82) is 0 Å². The number of carbonyl (C=O) groups is 2. The molecule has 1 aliphatic heterocycles. The normalized spacial score (nSPS) is 17.1. The predicted octanol–water partition coefficient (Wildman–Crippen LogP) is 2.12. The molecule has 106 valence electrons. The molecule has 1 aliphatic rings. The van der Waals surface area contributed by atoms with E-state index >= 15 is 0 Å². The van der Waals surface area contributed by atoms with Gasteiger partial charge in [-0.3, -0.25) is 14.5 Å². The summed E-state index contributed by atoms with van der Waals surface area (Å²) in [5.74, 6) is -1.52. The zero-order valence-electron chi connectivity index (χ0n) is 11.5. The lowest BCUT2D eigenvalue weighted by molar-refractivity contribution is 0.0667. The number of rotatable bonds is 4. The highest BCUT2D eigenvalue weighted by Crippen LogP contribution is 2.25. The molecule has 1 heterocycles. The number of hydrogen-bond acceptors (Lipinski definition) is 3. The molecule has 4 nitrogen and oxygen atoms in total. The summed E-state index contributed by atoms with van der Waals surface area (Å²) in [6.45, 7) is 3.39. The van der Waals surface area contributed by atoms with Crippen molar-refractivity contribution in [1.82, 2.24) is 4.90 Å². The number of hydrogen-bond donors (Lipinski definition) is 1. The summed E-state index contributed by atoms with van der Waals surface area (Å²) >= 11 is 0. The van der Waals surface area contributed by atoms with E-state index in [-0.39, 0.29) is 30.7 Å². The number of imide groups is 1. The molecule has 0 saturated carbocycles. The summed E-state index contributed by atoms with van der Waals surface area (Å²) in [5.41, 5.74) is 6.53. The van der Waals surface area contributed by atoms with Gasteiger partial charge < -0.3 is 5.73 Å². The minimum absolute atomic E-state index is 0.0392. The number of fused-ring (bicyclic) bond motifs is 1. The SMILES string of the molecule is C/C(CN1C(=O)c2ccccc2C1=O)=C(/F)C(C)CN. The summed E-state index contributed by atoms with van der Waals surface area (Å²) < 4.78 is 14.0. The number of halogens is 1. The smallest absolute Gasteiger partial charge is 0.261 e. The Morgan fingerprint density at radius 3 is 2.20 bits per heavy atom. The molecule has 20 heavy (non-hydrogen) atoms. The van der Waals surface area contributed by atoms with E-state index in [1.54, 1.807) is 38.1 Å². The van der Waals surface area contributed by atoms with Crippen LogP contribution in [0.25, 0.3) is 0 Å². The molecule has 5 heteroatoms. The second-order valence-electron chi connectivity index (χ2n) is 5.01. The maximum absolute atomic E-state index is 14.0. The van der Waals surface area contributed by atoms with Gasteiger partial charge >= 0.3 is 0 Å². The summed E-state index contributed by atoms with van der Waals surface area (Å²) in [4.78, 5) is 25.4. The topological polar surface area (TPSA) is 63.4 Å². The van der Waals surface area contributed by atoms with Crippen LogP contribution in [0.5, 0.6) is 0 Å². The largest absolute Gasteiger partial charge is 0.330 e. The molecule has 0 fully saturated rings. The second kappa shape index (κ2) is 5.54. The van der Waals surface area contributed by atoms with E-state index in [1.807, 2.05) is 0 Å². The zero-order valence-corrected chi connectivity index (χ0v) is 11.5. The van der Waals surface area contributed by atoms with Gasteiger partial charge in [0.2, 0.25) is 0 Å². The fourth-order valence-electron chi connectivity index (χ4n) is 2.22. The van der Waals surface area contributed by atoms with Gasteiger partial charge in [0, 0.05) is 12.5 Å². The molecular weight excluding hydrogens is 259 g/mol. The number of amides is 2. The van der Waals surface area contributed by atoms with Crippen molar-refractivity contribution < 1.29 is 14.0 Å². The molecular formula is C15H17FN2O2. The summed E-state index contributed by atoms with van der Waals surface area (Å²) in [6.07, 6.45) is 0. The lowest BCUT2D eigenvalue weighted by Gasteiger charge is -2.16.